The van der Waals surface area contributed by atoms with E-state index in [0.717, 1.165) is 25.2 Å². The average molecular weight is 321 g/mol. The second-order valence-electron chi connectivity index (χ2n) is 7.06. The van der Waals surface area contributed by atoms with Crippen molar-refractivity contribution in [2.75, 3.05) is 6.54 Å². The van der Waals surface area contributed by atoms with Crippen molar-refractivity contribution in [3.63, 3.8) is 0 Å². The number of nitrogens with one attached hydrogen (secondary N) is 1. The van der Waals surface area contributed by atoms with Gasteiger partial charge in [0, 0.05) is 18.4 Å². The van der Waals surface area contributed by atoms with Crippen LogP contribution in [-0.4, -0.2) is 30.8 Å². The number of pyridine rings is 1. The van der Waals surface area contributed by atoms with E-state index in [4.69, 9.17) is 4.98 Å². The van der Waals surface area contributed by atoms with Crippen molar-refractivity contribution >= 4 is 5.65 Å². The minimum atomic E-state index is 0.421. The van der Waals surface area contributed by atoms with E-state index in [0.29, 0.717) is 6.04 Å². The van der Waals surface area contributed by atoms with Crippen LogP contribution in [0.2, 0.25) is 0 Å². The van der Waals surface area contributed by atoms with Gasteiger partial charge in [0.05, 0.1) is 23.6 Å². The molecule has 0 radical (unpaired) electrons. The summed E-state index contributed by atoms with van der Waals surface area (Å²) in [6.45, 7) is 2.07. The molecule has 2 aliphatic rings. The molecule has 1 saturated heterocycles. The molecule has 3 aromatic rings. The van der Waals surface area contributed by atoms with Crippen molar-refractivity contribution < 1.29 is 0 Å². The molecule has 0 amide bonds. The number of aromatic nitrogens is 4. The highest BCUT2D eigenvalue weighted by molar-refractivity contribution is 5.39. The molecule has 1 atom stereocenters. The summed E-state index contributed by atoms with van der Waals surface area (Å²) in [4.78, 5) is 15.7. The van der Waals surface area contributed by atoms with Gasteiger partial charge in [-0.2, -0.15) is 0 Å². The SMILES string of the molecule is c1ccn2c(CN3CCCC3c3nc4c([nH]3)CCCC4)cnc2c1. The van der Waals surface area contributed by atoms with Crippen LogP contribution in [0.5, 0.6) is 0 Å². The fraction of sp³-hybridized carbons (Fsp3) is 0.474. The zero-order chi connectivity index (χ0) is 15.9. The van der Waals surface area contributed by atoms with Crippen molar-refractivity contribution in [3.05, 3.63) is 53.5 Å². The third-order valence-electron chi connectivity index (χ3n) is 5.51. The summed E-state index contributed by atoms with van der Waals surface area (Å²) in [6, 6.07) is 6.59. The Balaban J connectivity index is 1.42. The zero-order valence-corrected chi connectivity index (χ0v) is 13.9. The van der Waals surface area contributed by atoms with Gasteiger partial charge in [0.25, 0.3) is 0 Å². The first-order chi connectivity index (χ1) is 11.9. The number of likely N-dealkylation sites (tertiary alicyclic amines) is 1. The summed E-state index contributed by atoms with van der Waals surface area (Å²) in [5.41, 5.74) is 4.99. The largest absolute Gasteiger partial charge is 0.344 e. The summed E-state index contributed by atoms with van der Waals surface area (Å²) in [5.74, 6) is 1.19. The van der Waals surface area contributed by atoms with Gasteiger partial charge in [0.1, 0.15) is 11.5 Å². The quantitative estimate of drug-likeness (QED) is 0.805. The molecule has 5 heteroatoms. The molecule has 1 aliphatic carbocycles. The van der Waals surface area contributed by atoms with E-state index >= 15 is 0 Å². The maximum atomic E-state index is 4.95. The minimum absolute atomic E-state index is 0.421. The van der Waals surface area contributed by atoms with Gasteiger partial charge in [-0.25, -0.2) is 9.97 Å². The second-order valence-corrected chi connectivity index (χ2v) is 7.06. The number of imidazole rings is 2. The molecule has 0 saturated carbocycles. The molecule has 1 N–H and O–H groups in total. The van der Waals surface area contributed by atoms with Crippen LogP contribution in [-0.2, 0) is 19.4 Å². The van der Waals surface area contributed by atoms with Crippen LogP contribution in [0.3, 0.4) is 0 Å². The molecule has 1 unspecified atom stereocenters. The number of aryl methyl sites for hydroxylation is 2. The molecule has 1 fully saturated rings. The topological polar surface area (TPSA) is 49.2 Å². The molecule has 0 bridgehead atoms. The number of aromatic amines is 1. The lowest BCUT2D eigenvalue weighted by atomic mass is 10.0. The Morgan fingerprint density at radius 2 is 2.12 bits per heavy atom. The molecule has 5 rings (SSSR count). The monoisotopic (exact) mass is 321 g/mol. The van der Waals surface area contributed by atoms with Gasteiger partial charge in [-0.3, -0.25) is 4.90 Å². The van der Waals surface area contributed by atoms with Gasteiger partial charge in [-0.1, -0.05) is 6.07 Å². The van der Waals surface area contributed by atoms with Crippen LogP contribution in [0.1, 0.15) is 54.6 Å². The Bertz CT molecular complexity index is 838. The smallest absolute Gasteiger partial charge is 0.136 e. The predicted molar refractivity (Wildman–Crippen MR) is 92.8 cm³/mol. The van der Waals surface area contributed by atoms with Crippen LogP contribution < -0.4 is 0 Å². The van der Waals surface area contributed by atoms with Gasteiger partial charge in [-0.15, -0.1) is 0 Å². The Morgan fingerprint density at radius 3 is 3.08 bits per heavy atom. The first kappa shape index (κ1) is 14.2. The van der Waals surface area contributed by atoms with Gasteiger partial charge in [0.2, 0.25) is 0 Å². The summed E-state index contributed by atoms with van der Waals surface area (Å²) in [5, 5.41) is 0. The number of nitrogens with zero attached hydrogens (tertiary/aromatic N) is 4. The van der Waals surface area contributed by atoms with E-state index in [2.05, 4.69) is 37.6 Å². The van der Waals surface area contributed by atoms with E-state index in [1.165, 1.54) is 55.0 Å². The van der Waals surface area contributed by atoms with E-state index in [1.54, 1.807) is 0 Å². The average Bonchev–Trinajstić information content (AvgIpc) is 3.33. The van der Waals surface area contributed by atoms with Crippen LogP contribution in [0, 0.1) is 0 Å². The maximum Gasteiger partial charge on any atom is 0.136 e. The Labute approximate surface area is 141 Å². The molecule has 5 nitrogen and oxygen atoms in total. The zero-order valence-electron chi connectivity index (χ0n) is 13.9. The lowest BCUT2D eigenvalue weighted by Crippen LogP contribution is -2.24. The molecule has 1 aliphatic heterocycles. The lowest BCUT2D eigenvalue weighted by molar-refractivity contribution is 0.237. The first-order valence-corrected chi connectivity index (χ1v) is 9.11. The summed E-state index contributed by atoms with van der Waals surface area (Å²) in [6.07, 6.45) is 11.5. The predicted octanol–water partition coefficient (Wildman–Crippen LogP) is 3.27. The molecule has 124 valence electrons. The number of fused-ring (bicyclic) bond motifs is 2. The highest BCUT2D eigenvalue weighted by Gasteiger charge is 2.30. The molecule has 0 aromatic carbocycles. The van der Waals surface area contributed by atoms with E-state index in [9.17, 15) is 0 Å². The standard InChI is InChI=1S/C19H23N5/c1-2-7-16-15(6-1)21-19(22-16)17-8-5-10-23(17)13-14-12-20-18-9-3-4-11-24(14)18/h3-4,9,11-12,17H,1-2,5-8,10,13H2,(H,21,22). The van der Waals surface area contributed by atoms with Crippen molar-refractivity contribution in [3.8, 4) is 0 Å². The first-order valence-electron chi connectivity index (χ1n) is 9.11. The van der Waals surface area contributed by atoms with E-state index < -0.39 is 0 Å². The third-order valence-corrected chi connectivity index (χ3v) is 5.51. The number of hydrogen-bond acceptors (Lipinski definition) is 3. The fourth-order valence-corrected chi connectivity index (χ4v) is 4.27. The summed E-state index contributed by atoms with van der Waals surface area (Å²) >= 11 is 0. The van der Waals surface area contributed by atoms with Crippen LogP contribution in [0.4, 0.5) is 0 Å². The normalized spacial score (nSPS) is 21.4. The van der Waals surface area contributed by atoms with E-state index in [1.807, 2.05) is 12.3 Å². The summed E-state index contributed by atoms with van der Waals surface area (Å²) < 4.78 is 2.20. The van der Waals surface area contributed by atoms with Gasteiger partial charge in [-0.05, 0) is 57.2 Å². The number of hydrogen-bond donors (Lipinski definition) is 1. The van der Waals surface area contributed by atoms with Crippen molar-refractivity contribution in [2.24, 2.45) is 0 Å². The van der Waals surface area contributed by atoms with Crippen LogP contribution in [0.25, 0.3) is 5.65 Å². The molecule has 4 heterocycles. The lowest BCUT2D eigenvalue weighted by Gasteiger charge is -2.22. The van der Waals surface area contributed by atoms with Crippen LogP contribution in [0.15, 0.2) is 30.6 Å². The van der Waals surface area contributed by atoms with E-state index in [-0.39, 0.29) is 0 Å². The second kappa shape index (κ2) is 5.74. The minimum Gasteiger partial charge on any atom is -0.344 e. The highest BCUT2D eigenvalue weighted by Crippen LogP contribution is 2.33. The van der Waals surface area contributed by atoms with Crippen molar-refractivity contribution in [2.45, 2.75) is 51.1 Å². The highest BCUT2D eigenvalue weighted by atomic mass is 15.2. The molecular weight excluding hydrogens is 298 g/mol. The van der Waals surface area contributed by atoms with Gasteiger partial charge in [0.15, 0.2) is 0 Å². The number of H-pyrrole nitrogens is 1. The third kappa shape index (κ3) is 2.35. The molecule has 3 aromatic heterocycles. The molecular formula is C19H23N5. The van der Waals surface area contributed by atoms with Crippen LogP contribution >= 0.6 is 0 Å². The molecule has 0 spiro atoms. The van der Waals surface area contributed by atoms with Gasteiger partial charge >= 0.3 is 0 Å². The Morgan fingerprint density at radius 1 is 1.17 bits per heavy atom. The number of rotatable bonds is 3. The Kier molecular flexibility index (Phi) is 3.40. The molecule has 24 heavy (non-hydrogen) atoms. The van der Waals surface area contributed by atoms with Crippen molar-refractivity contribution in [1.29, 1.82) is 0 Å². The maximum absolute atomic E-state index is 4.95. The van der Waals surface area contributed by atoms with Crippen molar-refractivity contribution in [1.82, 2.24) is 24.3 Å². The Hall–Kier alpha value is -2.14. The summed E-state index contributed by atoms with van der Waals surface area (Å²) in [7, 11) is 0. The fourth-order valence-electron chi connectivity index (χ4n) is 4.27. The van der Waals surface area contributed by atoms with Gasteiger partial charge < -0.3 is 9.38 Å².